The molecule has 0 aromatic heterocycles. The molecule has 2 aliphatic rings. The van der Waals surface area contributed by atoms with Crippen molar-refractivity contribution in [1.82, 2.24) is 10.2 Å². The minimum Gasteiger partial charge on any atom is -0.490 e. The van der Waals surface area contributed by atoms with Crippen molar-refractivity contribution >= 4 is 28.9 Å². The van der Waals surface area contributed by atoms with Crippen molar-refractivity contribution in [1.29, 1.82) is 5.41 Å². The van der Waals surface area contributed by atoms with Gasteiger partial charge in [0.1, 0.15) is 24.0 Å². The van der Waals surface area contributed by atoms with Gasteiger partial charge in [-0.25, -0.2) is 9.38 Å². The molecule has 1 fully saturated rings. The van der Waals surface area contributed by atoms with Crippen molar-refractivity contribution < 1.29 is 19.0 Å². The van der Waals surface area contributed by atoms with Gasteiger partial charge >= 0.3 is 0 Å². The third-order valence-corrected chi connectivity index (χ3v) is 4.95. The zero-order valence-electron chi connectivity index (χ0n) is 15.5. The smallest absolute Gasteiger partial charge is 0.258 e. The number of benzene rings is 1. The summed E-state index contributed by atoms with van der Waals surface area (Å²) in [4.78, 5) is 18.8. The molecular formula is C19H20ClFN4O3. The monoisotopic (exact) mass is 406 g/mol. The van der Waals surface area contributed by atoms with Crippen LogP contribution in [-0.4, -0.2) is 53.6 Å². The van der Waals surface area contributed by atoms with Gasteiger partial charge < -0.3 is 25.5 Å². The quantitative estimate of drug-likeness (QED) is 0.715. The van der Waals surface area contributed by atoms with Crippen LogP contribution in [0.3, 0.4) is 0 Å². The molecule has 2 heterocycles. The summed E-state index contributed by atoms with van der Waals surface area (Å²) in [6.07, 6.45) is 0. The molecule has 1 aromatic rings. The maximum absolute atomic E-state index is 13.5. The van der Waals surface area contributed by atoms with Crippen LogP contribution in [0.5, 0.6) is 5.75 Å². The number of aliphatic hydroxyl groups excluding tert-OH is 1. The number of aliphatic hydroxyl groups is 1. The Labute approximate surface area is 166 Å². The van der Waals surface area contributed by atoms with E-state index in [0.29, 0.717) is 22.1 Å². The topological polar surface area (TPSA) is 98.0 Å². The molecule has 7 nitrogen and oxygen atoms in total. The number of ether oxygens (including phenoxy) is 1. The molecule has 1 saturated heterocycles. The number of aliphatic imine (C=N–C) groups is 1. The number of halogens is 2. The lowest BCUT2D eigenvalue weighted by atomic mass is 10.1. The molecule has 0 aliphatic carbocycles. The van der Waals surface area contributed by atoms with Gasteiger partial charge in [0.05, 0.1) is 41.7 Å². The first-order valence-corrected chi connectivity index (χ1v) is 9.02. The summed E-state index contributed by atoms with van der Waals surface area (Å²) in [5.74, 6) is -0.385. The number of allylic oxidation sites excluding steroid dienone is 2. The first kappa shape index (κ1) is 20.0. The lowest BCUT2D eigenvalue weighted by Gasteiger charge is -2.19. The Bertz CT molecular complexity index is 939. The Hall–Kier alpha value is -2.71. The van der Waals surface area contributed by atoms with Crippen molar-refractivity contribution in [2.24, 2.45) is 4.99 Å². The molecule has 28 heavy (non-hydrogen) atoms. The van der Waals surface area contributed by atoms with Crippen LogP contribution in [-0.2, 0) is 0 Å². The summed E-state index contributed by atoms with van der Waals surface area (Å²) in [5.41, 5.74) is 2.39. The van der Waals surface area contributed by atoms with E-state index < -0.39 is 11.7 Å². The zero-order valence-corrected chi connectivity index (χ0v) is 16.2. The van der Waals surface area contributed by atoms with Crippen molar-refractivity contribution in [3.05, 3.63) is 51.7 Å². The Kier molecular flexibility index (Phi) is 5.81. The molecule has 0 atom stereocenters. The average molecular weight is 407 g/mol. The largest absolute Gasteiger partial charge is 0.490 e. The second-order valence-corrected chi connectivity index (χ2v) is 6.82. The van der Waals surface area contributed by atoms with Gasteiger partial charge in [-0.2, -0.15) is 0 Å². The first-order chi connectivity index (χ1) is 13.3. The van der Waals surface area contributed by atoms with Crippen molar-refractivity contribution in [3.8, 4) is 5.75 Å². The number of carbonyl (C=O) groups is 1. The second kappa shape index (κ2) is 8.12. The van der Waals surface area contributed by atoms with Gasteiger partial charge in [0.15, 0.2) is 0 Å². The fourth-order valence-corrected chi connectivity index (χ4v) is 3.09. The van der Waals surface area contributed by atoms with Crippen molar-refractivity contribution in [3.63, 3.8) is 0 Å². The van der Waals surface area contributed by atoms with Crippen LogP contribution < -0.4 is 10.1 Å². The number of hydrogen-bond acceptors (Lipinski definition) is 6. The van der Waals surface area contributed by atoms with Gasteiger partial charge in [-0.05, 0) is 26.0 Å². The van der Waals surface area contributed by atoms with Crippen molar-refractivity contribution in [2.45, 2.75) is 13.8 Å². The summed E-state index contributed by atoms with van der Waals surface area (Å²) in [6.45, 7) is 3.55. The predicted molar refractivity (Wildman–Crippen MR) is 104 cm³/mol. The van der Waals surface area contributed by atoms with Gasteiger partial charge in [-0.15, -0.1) is 0 Å². The average Bonchev–Trinajstić information content (AvgIpc) is 3.05. The Balaban J connectivity index is 1.87. The Morgan fingerprint density at radius 2 is 2.18 bits per heavy atom. The van der Waals surface area contributed by atoms with Crippen LogP contribution >= 0.6 is 11.6 Å². The normalized spacial score (nSPS) is 19.7. The fraction of sp³-hybridized carbons (Fsp3) is 0.316. The number of hydrogen-bond donors (Lipinski definition) is 3. The number of nitrogens with one attached hydrogen (secondary N) is 2. The van der Waals surface area contributed by atoms with Crippen LogP contribution in [0.25, 0.3) is 0 Å². The molecule has 3 N–H and O–H groups in total. The third kappa shape index (κ3) is 3.93. The zero-order chi connectivity index (χ0) is 20.4. The van der Waals surface area contributed by atoms with Gasteiger partial charge in [0.25, 0.3) is 5.91 Å². The van der Waals surface area contributed by atoms with E-state index >= 15 is 0 Å². The standard InChI is InChI=1S/C19H20ClFN4O3/c1-10-17(20)11(2)24-18(23-10)14-8-25(9-15(14)22)19(27)13-4-3-12(21)7-16(13)28-6-5-26/h3-4,7,22-23,26H,5-6,8-9H2,1-2H3/b18-14+,22-15?. The molecule has 0 unspecified atom stereocenters. The molecule has 0 radical (unpaired) electrons. The first-order valence-electron chi connectivity index (χ1n) is 8.64. The van der Waals surface area contributed by atoms with Crippen LogP contribution in [0.1, 0.15) is 24.2 Å². The predicted octanol–water partition coefficient (Wildman–Crippen LogP) is 2.42. The second-order valence-electron chi connectivity index (χ2n) is 6.44. The number of nitrogens with zero attached hydrogens (tertiary/aromatic N) is 2. The van der Waals surface area contributed by atoms with Gasteiger partial charge in [-0.3, -0.25) is 4.79 Å². The van der Waals surface area contributed by atoms with E-state index in [0.717, 1.165) is 11.8 Å². The molecule has 0 spiro atoms. The minimum atomic E-state index is -0.545. The van der Waals surface area contributed by atoms with E-state index in [1.807, 2.05) is 6.92 Å². The molecule has 1 aromatic carbocycles. The summed E-state index contributed by atoms with van der Waals surface area (Å²) < 4.78 is 18.8. The highest BCUT2D eigenvalue weighted by atomic mass is 35.5. The fourth-order valence-electron chi connectivity index (χ4n) is 3.00. The summed E-state index contributed by atoms with van der Waals surface area (Å²) in [7, 11) is 0. The van der Waals surface area contributed by atoms with Gasteiger partial charge in [0.2, 0.25) is 0 Å². The van der Waals surface area contributed by atoms with Gasteiger partial charge in [0, 0.05) is 17.3 Å². The highest BCUT2D eigenvalue weighted by Crippen LogP contribution is 2.27. The molecule has 3 rings (SSSR count). The van der Waals surface area contributed by atoms with E-state index in [2.05, 4.69) is 10.3 Å². The van der Waals surface area contributed by atoms with Crippen LogP contribution in [0.2, 0.25) is 0 Å². The summed E-state index contributed by atoms with van der Waals surface area (Å²) in [5, 5.41) is 20.8. The maximum atomic E-state index is 13.5. The maximum Gasteiger partial charge on any atom is 0.258 e. The molecule has 0 saturated carbocycles. The number of amides is 1. The van der Waals surface area contributed by atoms with E-state index in [1.54, 1.807) is 6.92 Å². The molecule has 9 heteroatoms. The molecule has 0 bridgehead atoms. The lowest BCUT2D eigenvalue weighted by molar-refractivity contribution is 0.0798. The summed E-state index contributed by atoms with van der Waals surface area (Å²) in [6, 6.07) is 3.62. The molecule has 1 amide bonds. The highest BCUT2D eigenvalue weighted by Gasteiger charge is 2.31. The molecule has 2 aliphatic heterocycles. The van der Waals surface area contributed by atoms with Crippen LogP contribution in [0.4, 0.5) is 4.39 Å². The van der Waals surface area contributed by atoms with E-state index in [1.165, 1.54) is 17.0 Å². The number of likely N-dealkylation sites (tertiary alicyclic amines) is 1. The third-order valence-electron chi connectivity index (χ3n) is 4.39. The van der Waals surface area contributed by atoms with Crippen LogP contribution in [0, 0.1) is 11.2 Å². The minimum absolute atomic E-state index is 0.0564. The lowest BCUT2D eigenvalue weighted by Crippen LogP contribution is -2.29. The Morgan fingerprint density at radius 3 is 2.86 bits per heavy atom. The molecule has 148 valence electrons. The SMILES string of the molecule is CC1=N/C(=C2\CN(C(=O)c3ccc(F)cc3OCCO)CC2=N)NC(C)=C1Cl. The molecular weight excluding hydrogens is 387 g/mol. The van der Waals surface area contributed by atoms with E-state index in [-0.39, 0.29) is 43.3 Å². The van der Waals surface area contributed by atoms with Gasteiger partial charge in [-0.1, -0.05) is 11.6 Å². The number of rotatable bonds is 4. The van der Waals surface area contributed by atoms with Crippen LogP contribution in [0.15, 0.2) is 45.3 Å². The van der Waals surface area contributed by atoms with E-state index in [9.17, 15) is 9.18 Å². The van der Waals surface area contributed by atoms with Crippen molar-refractivity contribution in [2.75, 3.05) is 26.3 Å². The van der Waals surface area contributed by atoms with E-state index in [4.69, 9.17) is 26.9 Å². The number of carbonyl (C=O) groups excluding carboxylic acids is 1. The Morgan fingerprint density at radius 1 is 1.43 bits per heavy atom. The summed E-state index contributed by atoms with van der Waals surface area (Å²) >= 11 is 6.14. The highest BCUT2D eigenvalue weighted by molar-refractivity contribution is 6.43.